The number of ether oxygens (including phenoxy) is 1. The molecular weight excluding hydrogens is 408 g/mol. The standard InChI is InChI=1S/C25H26N2O5/c28-23(29)12-22(24(30)27-10-9-15-11-16(15)13-27)26-25(31)32-14-21-19-7-3-1-5-17(19)18-6-2-4-8-20(18)21/h1-8,15-16,21-22H,9-14H2,(H,26,31)(H,28,29). The van der Waals surface area contributed by atoms with Crippen molar-refractivity contribution < 1.29 is 24.2 Å². The predicted molar refractivity (Wildman–Crippen MR) is 117 cm³/mol. The summed E-state index contributed by atoms with van der Waals surface area (Å²) in [5.74, 6) is -0.356. The number of carboxylic acids is 1. The molecule has 7 heteroatoms. The highest BCUT2D eigenvalue weighted by molar-refractivity contribution is 5.89. The third kappa shape index (κ3) is 3.95. The molecule has 2 fully saturated rings. The quantitative estimate of drug-likeness (QED) is 0.728. The maximum atomic E-state index is 12.9. The van der Waals surface area contributed by atoms with Crippen LogP contribution in [0.15, 0.2) is 48.5 Å². The molecule has 2 N–H and O–H groups in total. The molecular formula is C25H26N2O5. The van der Waals surface area contributed by atoms with Gasteiger partial charge in [0.2, 0.25) is 5.91 Å². The van der Waals surface area contributed by atoms with Gasteiger partial charge in [-0.25, -0.2) is 4.79 Å². The number of carbonyl (C=O) groups excluding carboxylic acids is 2. The number of hydrogen-bond acceptors (Lipinski definition) is 4. The number of carboxylic acid groups (broad SMARTS) is 1. The fourth-order valence-electron chi connectivity index (χ4n) is 5.16. The Balaban J connectivity index is 1.25. The smallest absolute Gasteiger partial charge is 0.407 e. The van der Waals surface area contributed by atoms with E-state index in [0.717, 1.165) is 35.1 Å². The van der Waals surface area contributed by atoms with Gasteiger partial charge in [0.15, 0.2) is 0 Å². The summed E-state index contributed by atoms with van der Waals surface area (Å²) in [6.07, 6.45) is 0.842. The molecule has 5 rings (SSSR count). The molecule has 0 radical (unpaired) electrons. The average Bonchev–Trinajstić information content (AvgIpc) is 3.50. The zero-order valence-electron chi connectivity index (χ0n) is 17.7. The molecule has 1 saturated heterocycles. The third-order valence-electron chi connectivity index (χ3n) is 6.92. The van der Waals surface area contributed by atoms with Crippen molar-refractivity contribution in [1.82, 2.24) is 10.2 Å². The van der Waals surface area contributed by atoms with Crippen LogP contribution in [0.4, 0.5) is 4.79 Å². The fourth-order valence-corrected chi connectivity index (χ4v) is 5.16. The molecule has 32 heavy (non-hydrogen) atoms. The Morgan fingerprint density at radius 2 is 1.69 bits per heavy atom. The van der Waals surface area contributed by atoms with Crippen LogP contribution in [0.2, 0.25) is 0 Å². The summed E-state index contributed by atoms with van der Waals surface area (Å²) >= 11 is 0. The van der Waals surface area contributed by atoms with Crippen molar-refractivity contribution >= 4 is 18.0 Å². The number of likely N-dealkylation sites (tertiary alicyclic amines) is 1. The number of nitrogens with one attached hydrogen (secondary N) is 1. The number of hydrogen-bond donors (Lipinski definition) is 2. The number of carbonyl (C=O) groups is 3. The van der Waals surface area contributed by atoms with Crippen LogP contribution in [0.5, 0.6) is 0 Å². The molecule has 0 aromatic heterocycles. The van der Waals surface area contributed by atoms with Crippen molar-refractivity contribution in [2.24, 2.45) is 11.8 Å². The maximum absolute atomic E-state index is 12.9. The summed E-state index contributed by atoms with van der Waals surface area (Å²) in [5.41, 5.74) is 4.43. The Hall–Kier alpha value is -3.35. The SMILES string of the molecule is O=C(O)CC(NC(=O)OCC1c2ccccc2-c2ccccc21)C(=O)N1CCC2CC2C1. The van der Waals surface area contributed by atoms with E-state index < -0.39 is 24.5 Å². The first-order chi connectivity index (χ1) is 15.5. The zero-order valence-corrected chi connectivity index (χ0v) is 17.7. The molecule has 2 aromatic rings. The summed E-state index contributed by atoms with van der Waals surface area (Å²) in [6, 6.07) is 14.9. The Morgan fingerprint density at radius 3 is 2.31 bits per heavy atom. The van der Waals surface area contributed by atoms with E-state index >= 15 is 0 Å². The third-order valence-corrected chi connectivity index (χ3v) is 6.92. The van der Waals surface area contributed by atoms with Crippen LogP contribution in [0, 0.1) is 11.8 Å². The van der Waals surface area contributed by atoms with Crippen LogP contribution in [-0.4, -0.2) is 53.7 Å². The normalized spacial score (nSPS) is 21.7. The first-order valence-corrected chi connectivity index (χ1v) is 11.1. The number of aliphatic carboxylic acids is 1. The topological polar surface area (TPSA) is 95.9 Å². The van der Waals surface area contributed by atoms with Gasteiger partial charge in [0.05, 0.1) is 6.42 Å². The molecule has 3 unspecified atom stereocenters. The van der Waals surface area contributed by atoms with E-state index in [1.165, 1.54) is 0 Å². The van der Waals surface area contributed by atoms with Crippen molar-refractivity contribution in [2.75, 3.05) is 19.7 Å². The molecule has 1 heterocycles. The van der Waals surface area contributed by atoms with Crippen LogP contribution in [0.1, 0.15) is 36.3 Å². The van der Waals surface area contributed by atoms with E-state index in [9.17, 15) is 19.5 Å². The van der Waals surface area contributed by atoms with Gasteiger partial charge >= 0.3 is 12.1 Å². The van der Waals surface area contributed by atoms with Crippen LogP contribution >= 0.6 is 0 Å². The number of amides is 2. The molecule has 2 amide bonds. The first-order valence-electron chi connectivity index (χ1n) is 11.1. The minimum absolute atomic E-state index is 0.101. The van der Waals surface area contributed by atoms with Gasteiger partial charge in [-0.1, -0.05) is 48.5 Å². The van der Waals surface area contributed by atoms with Crippen molar-refractivity contribution in [3.8, 4) is 11.1 Å². The lowest BCUT2D eigenvalue weighted by molar-refractivity contribution is -0.143. The largest absolute Gasteiger partial charge is 0.481 e. The van der Waals surface area contributed by atoms with Gasteiger partial charge in [-0.15, -0.1) is 0 Å². The summed E-state index contributed by atoms with van der Waals surface area (Å²) in [4.78, 5) is 38.5. The Morgan fingerprint density at radius 1 is 1.03 bits per heavy atom. The molecule has 2 aliphatic carbocycles. The number of alkyl carbamates (subject to hydrolysis) is 1. The van der Waals surface area contributed by atoms with Gasteiger partial charge < -0.3 is 20.1 Å². The Kier molecular flexibility index (Phi) is 5.33. The first kappa shape index (κ1) is 20.5. The van der Waals surface area contributed by atoms with E-state index in [0.29, 0.717) is 24.9 Å². The highest BCUT2D eigenvalue weighted by atomic mass is 16.5. The van der Waals surface area contributed by atoms with E-state index in [4.69, 9.17) is 4.74 Å². The van der Waals surface area contributed by atoms with Crippen molar-refractivity contribution in [1.29, 1.82) is 0 Å². The Labute approximate surface area is 186 Å². The summed E-state index contributed by atoms with van der Waals surface area (Å²) in [5, 5.41) is 11.8. The number of fused-ring (bicyclic) bond motifs is 4. The molecule has 166 valence electrons. The van der Waals surface area contributed by atoms with Gasteiger partial charge in [-0.2, -0.15) is 0 Å². The lowest BCUT2D eigenvalue weighted by Crippen LogP contribution is -2.51. The van der Waals surface area contributed by atoms with Crippen molar-refractivity contribution in [2.45, 2.75) is 31.2 Å². The minimum Gasteiger partial charge on any atom is -0.481 e. The molecule has 1 saturated carbocycles. The lowest BCUT2D eigenvalue weighted by atomic mass is 9.98. The van der Waals surface area contributed by atoms with Crippen LogP contribution in [0.3, 0.4) is 0 Å². The van der Waals surface area contributed by atoms with Crippen molar-refractivity contribution in [3.05, 3.63) is 59.7 Å². The number of benzene rings is 2. The molecule has 0 bridgehead atoms. The van der Waals surface area contributed by atoms with Crippen LogP contribution in [0.25, 0.3) is 11.1 Å². The highest BCUT2D eigenvalue weighted by Crippen LogP contribution is 2.45. The summed E-state index contributed by atoms with van der Waals surface area (Å²) < 4.78 is 5.50. The van der Waals surface area contributed by atoms with Crippen LogP contribution < -0.4 is 5.32 Å². The minimum atomic E-state index is -1.14. The molecule has 7 nitrogen and oxygen atoms in total. The predicted octanol–water partition coefficient (Wildman–Crippen LogP) is 3.24. The molecule has 3 atom stereocenters. The number of nitrogens with zero attached hydrogens (tertiary/aromatic N) is 1. The number of piperidine rings is 1. The second-order valence-corrected chi connectivity index (χ2v) is 8.95. The average molecular weight is 434 g/mol. The fraction of sp³-hybridized carbons (Fsp3) is 0.400. The summed E-state index contributed by atoms with van der Waals surface area (Å²) in [6.45, 7) is 1.37. The molecule has 1 aliphatic heterocycles. The van der Waals surface area contributed by atoms with E-state index in [2.05, 4.69) is 17.4 Å². The van der Waals surface area contributed by atoms with E-state index in [-0.39, 0.29) is 18.4 Å². The van der Waals surface area contributed by atoms with E-state index in [1.807, 2.05) is 36.4 Å². The van der Waals surface area contributed by atoms with E-state index in [1.54, 1.807) is 4.90 Å². The van der Waals surface area contributed by atoms with Crippen molar-refractivity contribution in [3.63, 3.8) is 0 Å². The number of rotatable bonds is 6. The van der Waals surface area contributed by atoms with Gasteiger partial charge in [0, 0.05) is 19.0 Å². The van der Waals surface area contributed by atoms with Gasteiger partial charge in [0.1, 0.15) is 12.6 Å². The zero-order chi connectivity index (χ0) is 22.2. The van der Waals surface area contributed by atoms with Gasteiger partial charge in [-0.05, 0) is 46.9 Å². The maximum Gasteiger partial charge on any atom is 0.407 e. The van der Waals surface area contributed by atoms with Gasteiger partial charge in [-0.3, -0.25) is 9.59 Å². The molecule has 0 spiro atoms. The van der Waals surface area contributed by atoms with Gasteiger partial charge in [0.25, 0.3) is 0 Å². The monoisotopic (exact) mass is 434 g/mol. The highest BCUT2D eigenvalue weighted by Gasteiger charge is 2.44. The second kappa shape index (κ2) is 8.30. The lowest BCUT2D eigenvalue weighted by Gasteiger charge is -2.30. The Bertz CT molecular complexity index is 1020. The molecule has 3 aliphatic rings. The summed E-state index contributed by atoms with van der Waals surface area (Å²) in [7, 11) is 0. The van der Waals surface area contributed by atoms with Crippen LogP contribution in [-0.2, 0) is 14.3 Å². The second-order valence-electron chi connectivity index (χ2n) is 8.95. The molecule has 2 aromatic carbocycles.